The minimum absolute atomic E-state index is 0.252. The van der Waals surface area contributed by atoms with Crippen LogP contribution in [0.2, 0.25) is 0 Å². The van der Waals surface area contributed by atoms with Crippen LogP contribution in [0.15, 0.2) is 41.6 Å². The molecule has 0 saturated carbocycles. The fourth-order valence-electron chi connectivity index (χ4n) is 1.92. The predicted molar refractivity (Wildman–Crippen MR) is 82.5 cm³/mol. The molecule has 0 atom stereocenters. The van der Waals surface area contributed by atoms with Gasteiger partial charge in [-0.25, -0.2) is 8.42 Å². The van der Waals surface area contributed by atoms with E-state index < -0.39 is 10.0 Å². The third-order valence-electron chi connectivity index (χ3n) is 2.92. The van der Waals surface area contributed by atoms with Crippen molar-refractivity contribution in [2.45, 2.75) is 24.8 Å². The van der Waals surface area contributed by atoms with Crippen molar-refractivity contribution in [1.29, 1.82) is 0 Å². The van der Waals surface area contributed by atoms with Crippen LogP contribution in [-0.2, 0) is 23.6 Å². The number of aromatic nitrogens is 2. The molecule has 0 spiro atoms. The van der Waals surface area contributed by atoms with Crippen LogP contribution in [0.4, 0.5) is 5.69 Å². The highest BCUT2D eigenvalue weighted by molar-refractivity contribution is 7.92. The van der Waals surface area contributed by atoms with Crippen molar-refractivity contribution < 1.29 is 8.42 Å². The molecule has 2 rings (SSSR count). The Bertz CT molecular complexity index is 695. The molecule has 0 aliphatic rings. The van der Waals surface area contributed by atoms with Gasteiger partial charge >= 0.3 is 0 Å². The van der Waals surface area contributed by atoms with E-state index >= 15 is 0 Å². The lowest BCUT2D eigenvalue weighted by atomic mass is 10.2. The summed E-state index contributed by atoms with van der Waals surface area (Å²) in [5, 5.41) is 7.20. The summed E-state index contributed by atoms with van der Waals surface area (Å²) < 4.78 is 28.7. The zero-order valence-electron chi connectivity index (χ0n) is 12.2. The molecule has 2 N–H and O–H groups in total. The second kappa shape index (κ2) is 6.73. The number of anilines is 1. The Balaban J connectivity index is 2.14. The van der Waals surface area contributed by atoms with E-state index in [4.69, 9.17) is 0 Å². The third kappa shape index (κ3) is 4.30. The number of nitrogens with zero attached hydrogens (tertiary/aromatic N) is 2. The molecule has 21 heavy (non-hydrogen) atoms. The van der Waals surface area contributed by atoms with Gasteiger partial charge in [0.25, 0.3) is 10.0 Å². The van der Waals surface area contributed by atoms with Gasteiger partial charge in [0.15, 0.2) is 0 Å². The summed E-state index contributed by atoms with van der Waals surface area (Å²) in [5.41, 5.74) is 1.39. The molecule has 114 valence electrons. The third-order valence-corrected chi connectivity index (χ3v) is 4.30. The van der Waals surface area contributed by atoms with Gasteiger partial charge < -0.3 is 5.32 Å². The van der Waals surface area contributed by atoms with Crippen molar-refractivity contribution in [3.63, 3.8) is 0 Å². The summed E-state index contributed by atoms with van der Waals surface area (Å²) in [5.74, 6) is 0. The highest BCUT2D eigenvalue weighted by atomic mass is 32.2. The number of aryl methyl sites for hydroxylation is 1. The highest BCUT2D eigenvalue weighted by Crippen LogP contribution is 2.16. The van der Waals surface area contributed by atoms with Gasteiger partial charge in [0.1, 0.15) is 0 Å². The maximum Gasteiger partial charge on any atom is 0.262 e. The standard InChI is InChI=1S/C14H20N4O2S/c1-3-7-15-9-12-5-4-6-14(8-12)21(19,20)17-13-10-16-18(2)11-13/h4-6,8,10-11,15,17H,3,7,9H2,1-2H3. The molecule has 0 radical (unpaired) electrons. The van der Waals surface area contributed by atoms with Crippen LogP contribution in [0, 0.1) is 0 Å². The van der Waals surface area contributed by atoms with E-state index in [0.717, 1.165) is 18.5 Å². The average Bonchev–Trinajstić information content (AvgIpc) is 2.84. The maximum absolute atomic E-state index is 12.3. The van der Waals surface area contributed by atoms with E-state index in [1.807, 2.05) is 6.07 Å². The van der Waals surface area contributed by atoms with Gasteiger partial charge in [-0.3, -0.25) is 9.40 Å². The van der Waals surface area contributed by atoms with Gasteiger partial charge in [-0.05, 0) is 30.7 Å². The molecule has 7 heteroatoms. The van der Waals surface area contributed by atoms with Gasteiger partial charge in [-0.1, -0.05) is 19.1 Å². The Labute approximate surface area is 125 Å². The lowest BCUT2D eigenvalue weighted by molar-refractivity contribution is 0.600. The second-order valence-corrected chi connectivity index (χ2v) is 6.51. The number of sulfonamides is 1. The van der Waals surface area contributed by atoms with Crippen molar-refractivity contribution in [3.05, 3.63) is 42.2 Å². The quantitative estimate of drug-likeness (QED) is 0.764. The van der Waals surface area contributed by atoms with Crippen LogP contribution in [0.1, 0.15) is 18.9 Å². The Morgan fingerprint density at radius 3 is 2.81 bits per heavy atom. The van der Waals surface area contributed by atoms with E-state index in [0.29, 0.717) is 12.2 Å². The van der Waals surface area contributed by atoms with Gasteiger partial charge in [0.2, 0.25) is 0 Å². The van der Waals surface area contributed by atoms with Crippen LogP contribution in [0.3, 0.4) is 0 Å². The Morgan fingerprint density at radius 2 is 2.14 bits per heavy atom. The minimum atomic E-state index is -3.58. The van der Waals surface area contributed by atoms with Crippen molar-refractivity contribution >= 4 is 15.7 Å². The van der Waals surface area contributed by atoms with Crippen LogP contribution >= 0.6 is 0 Å². The molecule has 1 heterocycles. The van der Waals surface area contributed by atoms with E-state index in [1.54, 1.807) is 36.1 Å². The summed E-state index contributed by atoms with van der Waals surface area (Å²) in [7, 11) is -1.85. The molecule has 0 saturated heterocycles. The van der Waals surface area contributed by atoms with Crippen molar-refractivity contribution in [2.24, 2.45) is 7.05 Å². The van der Waals surface area contributed by atoms with Crippen LogP contribution in [0.5, 0.6) is 0 Å². The Kier molecular flexibility index (Phi) is 4.98. The van der Waals surface area contributed by atoms with E-state index in [-0.39, 0.29) is 4.90 Å². The van der Waals surface area contributed by atoms with Crippen molar-refractivity contribution in [1.82, 2.24) is 15.1 Å². The van der Waals surface area contributed by atoms with E-state index in [1.165, 1.54) is 6.20 Å². The van der Waals surface area contributed by atoms with Crippen LogP contribution in [-0.4, -0.2) is 24.7 Å². The first-order valence-corrected chi connectivity index (χ1v) is 8.30. The second-order valence-electron chi connectivity index (χ2n) is 4.83. The normalized spacial score (nSPS) is 11.5. The fraction of sp³-hybridized carbons (Fsp3) is 0.357. The number of nitrogens with one attached hydrogen (secondary N) is 2. The first-order chi connectivity index (χ1) is 10.0. The molecule has 1 aromatic heterocycles. The maximum atomic E-state index is 12.3. The average molecular weight is 308 g/mol. The minimum Gasteiger partial charge on any atom is -0.313 e. The lowest BCUT2D eigenvalue weighted by Gasteiger charge is -2.08. The predicted octanol–water partition coefficient (Wildman–Crippen LogP) is 1.72. The molecule has 0 fully saturated rings. The molecule has 0 aliphatic carbocycles. The Morgan fingerprint density at radius 1 is 1.33 bits per heavy atom. The zero-order valence-corrected chi connectivity index (χ0v) is 13.0. The fourth-order valence-corrected chi connectivity index (χ4v) is 3.02. The largest absolute Gasteiger partial charge is 0.313 e. The number of hydrogen-bond acceptors (Lipinski definition) is 4. The van der Waals surface area contributed by atoms with Crippen LogP contribution < -0.4 is 10.0 Å². The summed E-state index contributed by atoms with van der Waals surface area (Å²) in [6.45, 7) is 3.65. The smallest absolute Gasteiger partial charge is 0.262 e. The van der Waals surface area contributed by atoms with Gasteiger partial charge in [0, 0.05) is 19.8 Å². The number of rotatable bonds is 7. The molecule has 1 aromatic carbocycles. The molecule has 6 nitrogen and oxygen atoms in total. The molecule has 0 aliphatic heterocycles. The first-order valence-electron chi connectivity index (χ1n) is 6.82. The number of benzene rings is 1. The molecule has 0 bridgehead atoms. The van der Waals surface area contributed by atoms with Gasteiger partial charge in [0.05, 0.1) is 16.8 Å². The molecule has 2 aromatic rings. The summed E-state index contributed by atoms with van der Waals surface area (Å²) in [4.78, 5) is 0.252. The van der Waals surface area contributed by atoms with Crippen LogP contribution in [0.25, 0.3) is 0 Å². The SMILES string of the molecule is CCCNCc1cccc(S(=O)(=O)Nc2cnn(C)c2)c1. The summed E-state index contributed by atoms with van der Waals surface area (Å²) in [6.07, 6.45) is 4.13. The first kappa shape index (κ1) is 15.5. The van der Waals surface area contributed by atoms with Crippen molar-refractivity contribution in [2.75, 3.05) is 11.3 Å². The zero-order chi connectivity index (χ0) is 15.3. The topological polar surface area (TPSA) is 76.0 Å². The highest BCUT2D eigenvalue weighted by Gasteiger charge is 2.15. The lowest BCUT2D eigenvalue weighted by Crippen LogP contribution is -2.16. The van der Waals surface area contributed by atoms with E-state index in [2.05, 4.69) is 22.1 Å². The molecular formula is C14H20N4O2S. The number of hydrogen-bond donors (Lipinski definition) is 2. The summed E-state index contributed by atoms with van der Waals surface area (Å²) >= 11 is 0. The van der Waals surface area contributed by atoms with E-state index in [9.17, 15) is 8.42 Å². The van der Waals surface area contributed by atoms with Gasteiger partial charge in [-0.15, -0.1) is 0 Å². The molecular weight excluding hydrogens is 288 g/mol. The van der Waals surface area contributed by atoms with Gasteiger partial charge in [-0.2, -0.15) is 5.10 Å². The Hall–Kier alpha value is -1.86. The molecule has 0 amide bonds. The monoisotopic (exact) mass is 308 g/mol. The summed E-state index contributed by atoms with van der Waals surface area (Å²) in [6, 6.07) is 6.93. The van der Waals surface area contributed by atoms with Crippen molar-refractivity contribution in [3.8, 4) is 0 Å². The molecule has 0 unspecified atom stereocenters.